The fourth-order valence-corrected chi connectivity index (χ4v) is 3.06. The van der Waals surface area contributed by atoms with Gasteiger partial charge in [-0.05, 0) is 25.7 Å². The van der Waals surface area contributed by atoms with Crippen molar-refractivity contribution in [3.05, 3.63) is 11.6 Å². The zero-order valence-corrected chi connectivity index (χ0v) is 15.7. The standard InChI is InChI=1S/C21H40O2/c1-3-5-7-9-11-12-14-16-18-20(19-21(22)23)17-15-13-10-8-6-4-2/h19H,3-18H2,1-2H3,(H,22,23)/b20-19+. The Morgan fingerprint density at radius 2 is 1.00 bits per heavy atom. The molecule has 1 N–H and O–H groups in total. The number of allylic oxidation sites excluding steroid dienone is 1. The minimum Gasteiger partial charge on any atom is -0.478 e. The first-order chi connectivity index (χ1) is 11.2. The van der Waals surface area contributed by atoms with Gasteiger partial charge in [0.05, 0.1) is 0 Å². The Bertz CT molecular complexity index is 294. The fraction of sp³-hybridized carbons (Fsp3) is 0.857. The highest BCUT2D eigenvalue weighted by atomic mass is 16.4. The van der Waals surface area contributed by atoms with Gasteiger partial charge in [-0.15, -0.1) is 0 Å². The van der Waals surface area contributed by atoms with Crippen LogP contribution in [0.15, 0.2) is 11.6 Å². The van der Waals surface area contributed by atoms with E-state index in [9.17, 15) is 4.79 Å². The summed E-state index contributed by atoms with van der Waals surface area (Å²) in [6.07, 6.45) is 21.5. The molecule has 0 aliphatic rings. The van der Waals surface area contributed by atoms with Gasteiger partial charge in [0.25, 0.3) is 0 Å². The van der Waals surface area contributed by atoms with Gasteiger partial charge in [-0.3, -0.25) is 0 Å². The number of carboxylic acid groups (broad SMARTS) is 1. The van der Waals surface area contributed by atoms with E-state index in [4.69, 9.17) is 5.11 Å². The summed E-state index contributed by atoms with van der Waals surface area (Å²) in [6, 6.07) is 0. The maximum absolute atomic E-state index is 10.9. The first-order valence-corrected chi connectivity index (χ1v) is 10.1. The molecule has 0 unspecified atom stereocenters. The maximum atomic E-state index is 10.9. The molecule has 0 aromatic heterocycles. The summed E-state index contributed by atoms with van der Waals surface area (Å²) < 4.78 is 0. The highest BCUT2D eigenvalue weighted by Crippen LogP contribution is 2.18. The molecule has 0 aliphatic carbocycles. The van der Waals surface area contributed by atoms with Crippen molar-refractivity contribution in [1.29, 1.82) is 0 Å². The van der Waals surface area contributed by atoms with Gasteiger partial charge in [-0.2, -0.15) is 0 Å². The van der Waals surface area contributed by atoms with Crippen molar-refractivity contribution in [1.82, 2.24) is 0 Å². The highest BCUT2D eigenvalue weighted by Gasteiger charge is 2.02. The van der Waals surface area contributed by atoms with Crippen LogP contribution in [-0.4, -0.2) is 11.1 Å². The number of carbonyl (C=O) groups is 1. The Morgan fingerprint density at radius 1 is 0.652 bits per heavy atom. The van der Waals surface area contributed by atoms with Gasteiger partial charge in [-0.1, -0.05) is 96.5 Å². The lowest BCUT2D eigenvalue weighted by Crippen LogP contribution is -1.94. The molecule has 0 aliphatic heterocycles. The molecule has 0 atom stereocenters. The molecule has 0 radical (unpaired) electrons. The molecule has 0 aromatic carbocycles. The predicted octanol–water partition coefficient (Wildman–Crippen LogP) is 7.28. The van der Waals surface area contributed by atoms with Crippen molar-refractivity contribution >= 4 is 5.97 Å². The van der Waals surface area contributed by atoms with Crippen molar-refractivity contribution in [2.24, 2.45) is 0 Å². The van der Waals surface area contributed by atoms with Crippen LogP contribution >= 0.6 is 0 Å². The fourth-order valence-electron chi connectivity index (χ4n) is 3.06. The molecule has 136 valence electrons. The normalized spacial score (nSPS) is 11.8. The van der Waals surface area contributed by atoms with Crippen LogP contribution in [0.3, 0.4) is 0 Å². The third kappa shape index (κ3) is 17.4. The minimum absolute atomic E-state index is 0.773. The summed E-state index contributed by atoms with van der Waals surface area (Å²) in [4.78, 5) is 10.9. The number of hydrogen-bond acceptors (Lipinski definition) is 1. The molecule has 0 saturated heterocycles. The smallest absolute Gasteiger partial charge is 0.328 e. The topological polar surface area (TPSA) is 37.3 Å². The molecule has 0 amide bonds. The summed E-state index contributed by atoms with van der Waals surface area (Å²) in [5, 5.41) is 9.00. The summed E-state index contributed by atoms with van der Waals surface area (Å²) in [5.41, 5.74) is 1.15. The minimum atomic E-state index is -0.773. The Kier molecular flexibility index (Phi) is 17.0. The van der Waals surface area contributed by atoms with Crippen LogP contribution in [0, 0.1) is 0 Å². The summed E-state index contributed by atoms with van der Waals surface area (Å²) in [7, 11) is 0. The molecule has 2 nitrogen and oxygen atoms in total. The van der Waals surface area contributed by atoms with Gasteiger partial charge < -0.3 is 5.11 Å². The van der Waals surface area contributed by atoms with Crippen LogP contribution in [-0.2, 0) is 4.79 Å². The summed E-state index contributed by atoms with van der Waals surface area (Å²) in [5.74, 6) is -0.773. The third-order valence-electron chi connectivity index (χ3n) is 4.53. The van der Waals surface area contributed by atoms with E-state index >= 15 is 0 Å². The van der Waals surface area contributed by atoms with E-state index < -0.39 is 5.97 Å². The lowest BCUT2D eigenvalue weighted by molar-refractivity contribution is -0.131. The van der Waals surface area contributed by atoms with Crippen molar-refractivity contribution in [3.63, 3.8) is 0 Å². The van der Waals surface area contributed by atoms with E-state index in [2.05, 4.69) is 13.8 Å². The number of hydrogen-bond donors (Lipinski definition) is 1. The van der Waals surface area contributed by atoms with Crippen LogP contribution in [0.1, 0.15) is 117 Å². The molecule has 0 aromatic rings. The molecule has 23 heavy (non-hydrogen) atoms. The third-order valence-corrected chi connectivity index (χ3v) is 4.53. The van der Waals surface area contributed by atoms with E-state index in [0.717, 1.165) is 31.3 Å². The molecule has 0 bridgehead atoms. The molecule has 0 rings (SSSR count). The summed E-state index contributed by atoms with van der Waals surface area (Å²) in [6.45, 7) is 4.48. The van der Waals surface area contributed by atoms with Crippen LogP contribution in [0.5, 0.6) is 0 Å². The van der Waals surface area contributed by atoms with Crippen LogP contribution in [0.4, 0.5) is 0 Å². The Morgan fingerprint density at radius 3 is 1.35 bits per heavy atom. The van der Waals surface area contributed by atoms with Gasteiger partial charge in [0.1, 0.15) is 0 Å². The molecular weight excluding hydrogens is 284 g/mol. The Labute approximate surface area is 144 Å². The first kappa shape index (κ1) is 22.2. The lowest BCUT2D eigenvalue weighted by atomic mass is 9.99. The van der Waals surface area contributed by atoms with E-state index in [1.165, 1.54) is 83.1 Å². The van der Waals surface area contributed by atoms with Gasteiger partial charge >= 0.3 is 5.97 Å². The number of rotatable bonds is 17. The van der Waals surface area contributed by atoms with Crippen molar-refractivity contribution < 1.29 is 9.90 Å². The lowest BCUT2D eigenvalue weighted by Gasteiger charge is -2.07. The van der Waals surface area contributed by atoms with E-state index in [0.29, 0.717) is 0 Å². The highest BCUT2D eigenvalue weighted by molar-refractivity contribution is 5.80. The van der Waals surface area contributed by atoms with Crippen LogP contribution in [0.25, 0.3) is 0 Å². The Balaban J connectivity index is 3.70. The van der Waals surface area contributed by atoms with Gasteiger partial charge in [0.2, 0.25) is 0 Å². The zero-order valence-electron chi connectivity index (χ0n) is 15.7. The maximum Gasteiger partial charge on any atom is 0.328 e. The molecule has 0 spiro atoms. The van der Waals surface area contributed by atoms with E-state index in [1.54, 1.807) is 0 Å². The van der Waals surface area contributed by atoms with Gasteiger partial charge in [-0.25, -0.2) is 4.79 Å². The van der Waals surface area contributed by atoms with Crippen molar-refractivity contribution in [3.8, 4) is 0 Å². The molecule has 0 saturated carbocycles. The van der Waals surface area contributed by atoms with Gasteiger partial charge in [0, 0.05) is 6.08 Å². The molecular formula is C21H40O2. The van der Waals surface area contributed by atoms with Crippen LogP contribution in [0.2, 0.25) is 0 Å². The average molecular weight is 325 g/mol. The second-order valence-electron chi connectivity index (χ2n) is 6.88. The number of aliphatic carboxylic acids is 1. The molecule has 2 heteroatoms. The summed E-state index contributed by atoms with van der Waals surface area (Å²) >= 11 is 0. The second-order valence-corrected chi connectivity index (χ2v) is 6.88. The van der Waals surface area contributed by atoms with Crippen LogP contribution < -0.4 is 0 Å². The average Bonchev–Trinajstić information content (AvgIpc) is 2.52. The quantitative estimate of drug-likeness (QED) is 0.225. The van der Waals surface area contributed by atoms with Gasteiger partial charge in [0.15, 0.2) is 0 Å². The number of unbranched alkanes of at least 4 members (excludes halogenated alkanes) is 12. The largest absolute Gasteiger partial charge is 0.478 e. The monoisotopic (exact) mass is 324 g/mol. The van der Waals surface area contributed by atoms with Crippen molar-refractivity contribution in [2.75, 3.05) is 0 Å². The second kappa shape index (κ2) is 17.6. The van der Waals surface area contributed by atoms with Crippen molar-refractivity contribution in [2.45, 2.75) is 117 Å². The SMILES string of the molecule is CCCCCCCCCC/C(=C/C(=O)O)CCCCCCCC. The van der Waals surface area contributed by atoms with E-state index in [-0.39, 0.29) is 0 Å². The molecule has 0 heterocycles. The first-order valence-electron chi connectivity index (χ1n) is 10.1. The Hall–Kier alpha value is -0.790. The molecule has 0 fully saturated rings. The number of carboxylic acids is 1. The van der Waals surface area contributed by atoms with E-state index in [1.807, 2.05) is 0 Å². The zero-order chi connectivity index (χ0) is 17.2. The predicted molar refractivity (Wildman–Crippen MR) is 101 cm³/mol.